The number of furan rings is 1. The van der Waals surface area contributed by atoms with Crippen molar-refractivity contribution in [1.29, 1.82) is 0 Å². The summed E-state index contributed by atoms with van der Waals surface area (Å²) in [4.78, 5) is 23.1. The summed E-state index contributed by atoms with van der Waals surface area (Å²) in [6.07, 6.45) is 0. The standard InChI is InChI=1S/C20H16N2O4/c1-13(21-22-19(23)14-6-3-2-4-7-14)17-10-11-18(26-17)15-8-5-9-16(12-15)20(24)25/h2-12H,1H3,(H,22,23)(H,24,25)/b21-13+. The molecule has 1 aromatic heterocycles. The lowest BCUT2D eigenvalue weighted by molar-refractivity contribution is 0.0696. The first-order valence-electron chi connectivity index (χ1n) is 7.88. The number of carbonyl (C=O) groups is 2. The van der Waals surface area contributed by atoms with Gasteiger partial charge in [-0.2, -0.15) is 5.10 Å². The molecule has 3 aromatic rings. The molecule has 0 fully saturated rings. The number of hydrogen-bond donors (Lipinski definition) is 2. The zero-order valence-corrected chi connectivity index (χ0v) is 14.0. The van der Waals surface area contributed by atoms with Gasteiger partial charge >= 0.3 is 5.97 Å². The maximum Gasteiger partial charge on any atom is 0.335 e. The molecule has 26 heavy (non-hydrogen) atoms. The topological polar surface area (TPSA) is 91.9 Å². The second-order valence-corrected chi connectivity index (χ2v) is 5.55. The van der Waals surface area contributed by atoms with Crippen LogP contribution in [0.5, 0.6) is 0 Å². The van der Waals surface area contributed by atoms with Gasteiger partial charge < -0.3 is 9.52 Å². The molecule has 2 aromatic carbocycles. The predicted molar refractivity (Wildman–Crippen MR) is 97.2 cm³/mol. The minimum atomic E-state index is -1.00. The van der Waals surface area contributed by atoms with Crippen molar-refractivity contribution in [3.8, 4) is 11.3 Å². The average molecular weight is 348 g/mol. The van der Waals surface area contributed by atoms with Crippen LogP contribution in [0.1, 0.15) is 33.4 Å². The van der Waals surface area contributed by atoms with Gasteiger partial charge in [0.15, 0.2) is 5.76 Å². The van der Waals surface area contributed by atoms with Gasteiger partial charge in [0.25, 0.3) is 5.91 Å². The quantitative estimate of drug-likeness (QED) is 0.542. The van der Waals surface area contributed by atoms with Gasteiger partial charge in [-0.05, 0) is 43.3 Å². The Hall–Kier alpha value is -3.67. The van der Waals surface area contributed by atoms with Crippen LogP contribution in [0, 0.1) is 0 Å². The van der Waals surface area contributed by atoms with Gasteiger partial charge in [-0.15, -0.1) is 0 Å². The Morgan fingerprint density at radius 3 is 2.42 bits per heavy atom. The van der Waals surface area contributed by atoms with E-state index in [9.17, 15) is 9.59 Å². The van der Waals surface area contributed by atoms with Crippen LogP contribution in [0.25, 0.3) is 11.3 Å². The van der Waals surface area contributed by atoms with Gasteiger partial charge in [0.05, 0.1) is 5.56 Å². The van der Waals surface area contributed by atoms with E-state index in [0.29, 0.717) is 28.4 Å². The van der Waals surface area contributed by atoms with Crippen molar-refractivity contribution >= 4 is 17.6 Å². The molecule has 0 spiro atoms. The third kappa shape index (κ3) is 3.87. The van der Waals surface area contributed by atoms with E-state index in [0.717, 1.165) is 0 Å². The zero-order chi connectivity index (χ0) is 18.5. The highest BCUT2D eigenvalue weighted by Crippen LogP contribution is 2.23. The molecule has 130 valence electrons. The lowest BCUT2D eigenvalue weighted by Crippen LogP contribution is -2.19. The summed E-state index contributed by atoms with van der Waals surface area (Å²) in [5.41, 5.74) is 4.32. The minimum Gasteiger partial charge on any atom is -0.478 e. The minimum absolute atomic E-state index is 0.181. The van der Waals surface area contributed by atoms with Crippen molar-refractivity contribution in [2.45, 2.75) is 6.92 Å². The number of nitrogens with zero attached hydrogens (tertiary/aromatic N) is 1. The molecule has 0 aliphatic carbocycles. The Kier molecular flexibility index (Phi) is 4.94. The Labute approximate surface area is 149 Å². The normalized spacial score (nSPS) is 11.2. The Morgan fingerprint density at radius 2 is 1.69 bits per heavy atom. The van der Waals surface area contributed by atoms with Gasteiger partial charge in [-0.1, -0.05) is 30.3 Å². The fourth-order valence-corrected chi connectivity index (χ4v) is 2.34. The highest BCUT2D eigenvalue weighted by Gasteiger charge is 2.10. The molecule has 0 aliphatic rings. The zero-order valence-electron chi connectivity index (χ0n) is 14.0. The lowest BCUT2D eigenvalue weighted by atomic mass is 10.1. The van der Waals surface area contributed by atoms with E-state index in [1.807, 2.05) is 6.07 Å². The van der Waals surface area contributed by atoms with Crippen molar-refractivity contribution in [2.75, 3.05) is 0 Å². The molecule has 0 radical (unpaired) electrons. The molecule has 0 unspecified atom stereocenters. The Morgan fingerprint density at radius 1 is 0.962 bits per heavy atom. The van der Waals surface area contributed by atoms with E-state index in [-0.39, 0.29) is 11.5 Å². The van der Waals surface area contributed by atoms with Crippen LogP contribution in [0.15, 0.2) is 76.2 Å². The van der Waals surface area contributed by atoms with Gasteiger partial charge in [-0.25, -0.2) is 10.2 Å². The molecule has 1 heterocycles. The third-order valence-electron chi connectivity index (χ3n) is 3.72. The van der Waals surface area contributed by atoms with E-state index in [2.05, 4.69) is 10.5 Å². The number of benzene rings is 2. The molecule has 0 bridgehead atoms. The SMILES string of the molecule is C/C(=N\NC(=O)c1ccccc1)c1ccc(-c2cccc(C(=O)O)c2)o1. The fraction of sp³-hybridized carbons (Fsp3) is 0.0500. The number of carbonyl (C=O) groups excluding carboxylic acids is 1. The van der Waals surface area contributed by atoms with Crippen molar-refractivity contribution in [2.24, 2.45) is 5.10 Å². The fourth-order valence-electron chi connectivity index (χ4n) is 2.34. The van der Waals surface area contributed by atoms with Gasteiger partial charge in [0.1, 0.15) is 11.5 Å². The van der Waals surface area contributed by atoms with E-state index in [1.54, 1.807) is 55.5 Å². The van der Waals surface area contributed by atoms with Gasteiger partial charge in [0.2, 0.25) is 0 Å². The van der Waals surface area contributed by atoms with E-state index >= 15 is 0 Å². The first kappa shape index (κ1) is 17.2. The molecule has 0 saturated heterocycles. The number of hydrazone groups is 1. The van der Waals surface area contributed by atoms with Crippen LogP contribution >= 0.6 is 0 Å². The van der Waals surface area contributed by atoms with Crippen LogP contribution in [0.3, 0.4) is 0 Å². The molecule has 3 rings (SSSR count). The van der Waals surface area contributed by atoms with Crippen molar-refractivity contribution in [3.05, 3.63) is 83.6 Å². The Balaban J connectivity index is 1.75. The molecule has 6 heteroatoms. The number of carboxylic acids is 1. The predicted octanol–water partition coefficient (Wildman–Crippen LogP) is 3.80. The van der Waals surface area contributed by atoms with Gasteiger partial charge in [0, 0.05) is 11.1 Å². The van der Waals surface area contributed by atoms with Crippen molar-refractivity contribution in [1.82, 2.24) is 5.43 Å². The summed E-state index contributed by atoms with van der Waals surface area (Å²) < 4.78 is 5.73. The molecular weight excluding hydrogens is 332 g/mol. The van der Waals surface area contributed by atoms with Crippen LogP contribution in [-0.2, 0) is 0 Å². The molecule has 6 nitrogen and oxygen atoms in total. The molecular formula is C20H16N2O4. The third-order valence-corrected chi connectivity index (χ3v) is 3.72. The summed E-state index contributed by atoms with van der Waals surface area (Å²) in [5.74, 6) is -0.313. The summed E-state index contributed by atoms with van der Waals surface area (Å²) >= 11 is 0. The number of hydrogen-bond acceptors (Lipinski definition) is 4. The summed E-state index contributed by atoms with van der Waals surface area (Å²) in [7, 11) is 0. The monoisotopic (exact) mass is 348 g/mol. The number of carboxylic acid groups (broad SMARTS) is 1. The molecule has 0 aliphatic heterocycles. The second-order valence-electron chi connectivity index (χ2n) is 5.55. The molecule has 0 saturated carbocycles. The van der Waals surface area contributed by atoms with Crippen LogP contribution < -0.4 is 5.43 Å². The van der Waals surface area contributed by atoms with Crippen LogP contribution in [-0.4, -0.2) is 22.7 Å². The summed E-state index contributed by atoms with van der Waals surface area (Å²) in [6.45, 7) is 1.71. The number of rotatable bonds is 5. The first-order valence-corrected chi connectivity index (χ1v) is 7.88. The first-order chi connectivity index (χ1) is 12.5. The molecule has 1 amide bonds. The smallest absolute Gasteiger partial charge is 0.335 e. The Bertz CT molecular complexity index is 974. The van der Waals surface area contributed by atoms with Gasteiger partial charge in [-0.3, -0.25) is 4.79 Å². The maximum atomic E-state index is 12.0. The van der Waals surface area contributed by atoms with E-state index in [4.69, 9.17) is 9.52 Å². The number of amides is 1. The van der Waals surface area contributed by atoms with E-state index in [1.165, 1.54) is 12.1 Å². The van der Waals surface area contributed by atoms with Crippen molar-refractivity contribution < 1.29 is 19.1 Å². The summed E-state index contributed by atoms with van der Waals surface area (Å²) in [6, 6.07) is 18.7. The number of aromatic carboxylic acids is 1. The average Bonchev–Trinajstić information content (AvgIpc) is 3.17. The largest absolute Gasteiger partial charge is 0.478 e. The highest BCUT2D eigenvalue weighted by atomic mass is 16.4. The molecule has 2 N–H and O–H groups in total. The van der Waals surface area contributed by atoms with Crippen LogP contribution in [0.4, 0.5) is 0 Å². The van der Waals surface area contributed by atoms with Crippen molar-refractivity contribution in [3.63, 3.8) is 0 Å². The van der Waals surface area contributed by atoms with E-state index < -0.39 is 5.97 Å². The number of nitrogens with one attached hydrogen (secondary N) is 1. The lowest BCUT2D eigenvalue weighted by Gasteiger charge is -2.02. The maximum absolute atomic E-state index is 12.0. The highest BCUT2D eigenvalue weighted by molar-refractivity contribution is 5.99. The van der Waals surface area contributed by atoms with Crippen LogP contribution in [0.2, 0.25) is 0 Å². The second kappa shape index (κ2) is 7.48. The molecule has 0 atom stereocenters. The summed E-state index contributed by atoms with van der Waals surface area (Å²) in [5, 5.41) is 13.1.